The summed E-state index contributed by atoms with van der Waals surface area (Å²) in [5.74, 6) is 1.74. The van der Waals surface area contributed by atoms with Crippen molar-refractivity contribution in [2.24, 2.45) is 23.2 Å². The van der Waals surface area contributed by atoms with Crippen molar-refractivity contribution < 1.29 is 9.90 Å². The molecule has 0 unspecified atom stereocenters. The van der Waals surface area contributed by atoms with Gasteiger partial charge in [-0.3, -0.25) is 4.79 Å². The second-order valence-electron chi connectivity index (χ2n) is 6.35. The number of carbonyl (C=O) groups excluding carboxylic acids is 1. The van der Waals surface area contributed by atoms with Crippen molar-refractivity contribution in [3.63, 3.8) is 0 Å². The quantitative estimate of drug-likeness (QED) is 0.721. The number of Topliss-reactive ketones (excluding diaryl/α,β-unsaturated/α-hetero) is 1. The second-order valence-corrected chi connectivity index (χ2v) is 6.35. The summed E-state index contributed by atoms with van der Waals surface area (Å²) in [5.41, 5.74) is -0.215. The molecule has 2 aliphatic carbocycles. The molecule has 2 saturated carbocycles. The van der Waals surface area contributed by atoms with Crippen LogP contribution in [0.4, 0.5) is 0 Å². The number of hydrogen-bond donors (Lipinski definition) is 1. The molecule has 0 aliphatic heterocycles. The van der Waals surface area contributed by atoms with Gasteiger partial charge in [0, 0.05) is 11.3 Å². The lowest BCUT2D eigenvalue weighted by molar-refractivity contribution is -0.131. The lowest BCUT2D eigenvalue weighted by Crippen LogP contribution is -2.31. The van der Waals surface area contributed by atoms with Crippen LogP contribution in [-0.4, -0.2) is 17.0 Å². The highest BCUT2D eigenvalue weighted by Gasteiger charge is 2.47. The molecule has 2 rings (SSSR count). The highest BCUT2D eigenvalue weighted by Crippen LogP contribution is 2.49. The second kappa shape index (κ2) is 3.58. The number of aliphatic hydroxyl groups excluding tert-OH is 1. The Morgan fingerprint density at radius 1 is 1.20 bits per heavy atom. The first kappa shape index (κ1) is 11.1. The van der Waals surface area contributed by atoms with Crippen LogP contribution < -0.4 is 0 Å². The van der Waals surface area contributed by atoms with Crippen molar-refractivity contribution in [3.8, 4) is 0 Å². The lowest BCUT2D eigenvalue weighted by Gasteiger charge is -2.25. The highest BCUT2D eigenvalue weighted by molar-refractivity contribution is 5.86. The number of ketones is 1. The van der Waals surface area contributed by atoms with Crippen molar-refractivity contribution >= 4 is 5.78 Å². The van der Waals surface area contributed by atoms with E-state index in [9.17, 15) is 9.90 Å². The molecule has 0 saturated heterocycles. The van der Waals surface area contributed by atoms with Crippen LogP contribution in [0.2, 0.25) is 0 Å². The Kier molecular flexibility index (Phi) is 2.66. The zero-order valence-electron chi connectivity index (χ0n) is 9.99. The molecule has 0 aromatic carbocycles. The minimum absolute atomic E-state index is 0.143. The monoisotopic (exact) mass is 210 g/mol. The summed E-state index contributed by atoms with van der Waals surface area (Å²) in [4.78, 5) is 12.2. The smallest absolute Gasteiger partial charge is 0.141 e. The predicted molar refractivity (Wildman–Crippen MR) is 59.4 cm³/mol. The largest absolute Gasteiger partial charge is 0.393 e. The van der Waals surface area contributed by atoms with E-state index in [0.29, 0.717) is 17.6 Å². The van der Waals surface area contributed by atoms with Gasteiger partial charge in [-0.1, -0.05) is 20.8 Å². The minimum atomic E-state index is -0.215. The average molecular weight is 210 g/mol. The van der Waals surface area contributed by atoms with Crippen molar-refractivity contribution in [2.45, 2.75) is 52.6 Å². The number of fused-ring (bicyclic) bond motifs is 1. The van der Waals surface area contributed by atoms with Crippen LogP contribution in [0.15, 0.2) is 0 Å². The van der Waals surface area contributed by atoms with Gasteiger partial charge in [0.2, 0.25) is 0 Å². The fourth-order valence-corrected chi connectivity index (χ4v) is 3.44. The Balaban J connectivity index is 2.09. The van der Waals surface area contributed by atoms with Crippen LogP contribution in [0.5, 0.6) is 0 Å². The maximum absolute atomic E-state index is 12.2. The van der Waals surface area contributed by atoms with E-state index < -0.39 is 0 Å². The third-order valence-corrected chi connectivity index (χ3v) is 4.17. The van der Waals surface area contributed by atoms with Crippen LogP contribution in [0, 0.1) is 23.2 Å². The average Bonchev–Trinajstić information content (AvgIpc) is 2.59. The molecule has 0 radical (unpaired) electrons. The molecule has 0 aromatic rings. The molecule has 2 fully saturated rings. The Bertz CT molecular complexity index is 264. The standard InChI is InChI=1S/C13H22O2/c1-13(2,3)12(15)10-5-4-8-6-9(14)7-11(8)10/h8-11,14H,4-7H2,1-3H3/t8-,9-,10+,11+/m0/s1. The SMILES string of the molecule is CC(C)(C)C(=O)[C@@H]1CC[C@H]2C[C@H](O)C[C@H]21. The first-order valence-corrected chi connectivity index (χ1v) is 6.12. The van der Waals surface area contributed by atoms with Crippen molar-refractivity contribution in [1.82, 2.24) is 0 Å². The summed E-state index contributed by atoms with van der Waals surface area (Å²) < 4.78 is 0. The Morgan fingerprint density at radius 2 is 1.87 bits per heavy atom. The van der Waals surface area contributed by atoms with Crippen LogP contribution in [-0.2, 0) is 4.79 Å². The number of hydrogen-bond acceptors (Lipinski definition) is 2. The minimum Gasteiger partial charge on any atom is -0.393 e. The van der Waals surface area contributed by atoms with Gasteiger partial charge in [0.1, 0.15) is 5.78 Å². The van der Waals surface area contributed by atoms with E-state index in [1.165, 1.54) is 0 Å². The van der Waals surface area contributed by atoms with Gasteiger partial charge in [0.05, 0.1) is 6.10 Å². The van der Waals surface area contributed by atoms with E-state index in [4.69, 9.17) is 0 Å². The van der Waals surface area contributed by atoms with E-state index in [-0.39, 0.29) is 17.4 Å². The summed E-state index contributed by atoms with van der Waals surface area (Å²) in [6.45, 7) is 6.02. The van der Waals surface area contributed by atoms with Crippen LogP contribution in [0.3, 0.4) is 0 Å². The first-order valence-electron chi connectivity index (χ1n) is 6.12. The molecule has 0 bridgehead atoms. The number of carbonyl (C=O) groups is 1. The van der Waals surface area contributed by atoms with Gasteiger partial charge in [-0.25, -0.2) is 0 Å². The van der Waals surface area contributed by atoms with Gasteiger partial charge in [-0.05, 0) is 37.5 Å². The van der Waals surface area contributed by atoms with Gasteiger partial charge in [0.25, 0.3) is 0 Å². The van der Waals surface area contributed by atoms with E-state index in [0.717, 1.165) is 25.7 Å². The normalized spacial score (nSPS) is 40.5. The summed E-state index contributed by atoms with van der Waals surface area (Å²) in [6.07, 6.45) is 3.85. The molecule has 1 N–H and O–H groups in total. The van der Waals surface area contributed by atoms with Crippen molar-refractivity contribution in [3.05, 3.63) is 0 Å². The molecule has 0 heterocycles. The van der Waals surface area contributed by atoms with Crippen LogP contribution in [0.1, 0.15) is 46.5 Å². The third-order valence-electron chi connectivity index (χ3n) is 4.17. The van der Waals surface area contributed by atoms with Crippen LogP contribution >= 0.6 is 0 Å². The van der Waals surface area contributed by atoms with Crippen molar-refractivity contribution in [1.29, 1.82) is 0 Å². The number of aliphatic hydroxyl groups is 1. The fourth-order valence-electron chi connectivity index (χ4n) is 3.44. The Labute approximate surface area is 92.1 Å². The van der Waals surface area contributed by atoms with E-state index in [2.05, 4.69) is 0 Å². The first-order chi connectivity index (χ1) is 6.89. The molecular formula is C13H22O2. The van der Waals surface area contributed by atoms with Gasteiger partial charge in [-0.2, -0.15) is 0 Å². The predicted octanol–water partition coefficient (Wildman–Crippen LogP) is 2.40. The van der Waals surface area contributed by atoms with Gasteiger partial charge < -0.3 is 5.11 Å². The van der Waals surface area contributed by atoms with Crippen LogP contribution in [0.25, 0.3) is 0 Å². The molecule has 4 atom stereocenters. The Hall–Kier alpha value is -0.370. The molecule has 2 nitrogen and oxygen atoms in total. The molecule has 0 amide bonds. The maximum Gasteiger partial charge on any atom is 0.141 e. The maximum atomic E-state index is 12.2. The van der Waals surface area contributed by atoms with E-state index in [1.54, 1.807) is 0 Å². The molecule has 86 valence electrons. The summed E-state index contributed by atoms with van der Waals surface area (Å²) in [5, 5.41) is 9.63. The van der Waals surface area contributed by atoms with Gasteiger partial charge in [0.15, 0.2) is 0 Å². The van der Waals surface area contributed by atoms with Gasteiger partial charge >= 0.3 is 0 Å². The van der Waals surface area contributed by atoms with Crippen molar-refractivity contribution in [2.75, 3.05) is 0 Å². The summed E-state index contributed by atoms with van der Waals surface area (Å²) >= 11 is 0. The molecule has 0 aromatic heterocycles. The summed E-state index contributed by atoms with van der Waals surface area (Å²) in [7, 11) is 0. The number of rotatable bonds is 1. The third kappa shape index (κ3) is 1.96. The van der Waals surface area contributed by atoms with Gasteiger partial charge in [-0.15, -0.1) is 0 Å². The zero-order valence-corrected chi connectivity index (χ0v) is 9.99. The van der Waals surface area contributed by atoms with E-state index in [1.807, 2.05) is 20.8 Å². The lowest BCUT2D eigenvalue weighted by atomic mass is 9.77. The zero-order chi connectivity index (χ0) is 11.2. The molecule has 15 heavy (non-hydrogen) atoms. The highest BCUT2D eigenvalue weighted by atomic mass is 16.3. The van der Waals surface area contributed by atoms with E-state index >= 15 is 0 Å². The summed E-state index contributed by atoms with van der Waals surface area (Å²) in [6, 6.07) is 0. The molecule has 2 heteroatoms. The topological polar surface area (TPSA) is 37.3 Å². The molecule has 2 aliphatic rings. The fraction of sp³-hybridized carbons (Fsp3) is 0.923. The molecule has 0 spiro atoms. The Morgan fingerprint density at radius 3 is 2.47 bits per heavy atom. The molecular weight excluding hydrogens is 188 g/mol.